The van der Waals surface area contributed by atoms with Gasteiger partial charge >= 0.3 is 0 Å². The fraction of sp³-hybridized carbons (Fsp3) is 0.200. The fourth-order valence-electron chi connectivity index (χ4n) is 7.69. The maximum atomic E-state index is 13.3. The highest BCUT2D eigenvalue weighted by atomic mass is 16.5. The van der Waals surface area contributed by atoms with E-state index in [1.165, 1.54) is 24.3 Å². The largest absolute Gasteiger partial charge is 0.506 e. The van der Waals surface area contributed by atoms with Gasteiger partial charge in [0.2, 0.25) is 0 Å². The average molecular weight is 759 g/mol. The number of phenolic OH excluding ortho intramolecular Hbond substituents is 2. The molecule has 16 heteroatoms. The highest BCUT2D eigenvalue weighted by Gasteiger charge is 2.28. The highest BCUT2D eigenvalue weighted by molar-refractivity contribution is 6.18. The van der Waals surface area contributed by atoms with Gasteiger partial charge in [-0.05, 0) is 12.8 Å². The summed E-state index contributed by atoms with van der Waals surface area (Å²) in [6, 6.07) is 12.0. The zero-order valence-corrected chi connectivity index (χ0v) is 29.3. The molecule has 0 aliphatic carbocycles. The summed E-state index contributed by atoms with van der Waals surface area (Å²) in [5.41, 5.74) is 5.75. The SMILES string of the molecule is Nc1c2c(=O)c3ccccc3c(=O)c2c(O)c2c(=O)n(CCCOCCOCCCn3c(=O)c4c(N)c5c(=O)c6ccccc6c(=O)c5c(O)c4c3=O)c(=O)c12. The van der Waals surface area contributed by atoms with Crippen molar-refractivity contribution in [2.24, 2.45) is 0 Å². The zero-order chi connectivity index (χ0) is 39.7. The van der Waals surface area contributed by atoms with Gasteiger partial charge in [0.15, 0.2) is 21.7 Å². The van der Waals surface area contributed by atoms with Crippen LogP contribution in [0.15, 0.2) is 86.9 Å². The first-order valence-corrected chi connectivity index (χ1v) is 17.5. The van der Waals surface area contributed by atoms with Crippen LogP contribution in [0.1, 0.15) is 12.8 Å². The zero-order valence-electron chi connectivity index (χ0n) is 29.3. The average Bonchev–Trinajstić information content (AvgIpc) is 3.60. The molecule has 0 aliphatic heterocycles. The molecule has 282 valence electrons. The normalized spacial score (nSPS) is 12.1. The predicted molar refractivity (Wildman–Crippen MR) is 212 cm³/mol. The molecule has 0 fully saturated rings. The van der Waals surface area contributed by atoms with Crippen LogP contribution in [-0.2, 0) is 22.6 Å². The minimum Gasteiger partial charge on any atom is -0.506 e. The van der Waals surface area contributed by atoms with E-state index in [2.05, 4.69) is 0 Å². The van der Waals surface area contributed by atoms with E-state index in [1.54, 1.807) is 24.3 Å². The number of phenols is 2. The number of benzene rings is 6. The van der Waals surface area contributed by atoms with E-state index in [0.717, 1.165) is 9.13 Å². The number of nitrogen functional groups attached to an aromatic ring is 2. The summed E-state index contributed by atoms with van der Waals surface area (Å²) in [7, 11) is 0. The second-order valence-corrected chi connectivity index (χ2v) is 13.4. The lowest BCUT2D eigenvalue weighted by Crippen LogP contribution is -2.26. The number of anilines is 2. The molecule has 0 aliphatic rings. The smallest absolute Gasteiger partial charge is 0.265 e. The van der Waals surface area contributed by atoms with Gasteiger partial charge in [0, 0.05) is 47.8 Å². The van der Waals surface area contributed by atoms with Crippen molar-refractivity contribution >= 4 is 76.0 Å². The predicted octanol–water partition coefficient (Wildman–Crippen LogP) is 0.931. The van der Waals surface area contributed by atoms with Crippen LogP contribution in [-0.4, -0.2) is 45.8 Å². The van der Waals surface area contributed by atoms with Crippen LogP contribution in [0.5, 0.6) is 11.5 Å². The molecule has 8 rings (SSSR count). The third kappa shape index (κ3) is 5.06. The van der Waals surface area contributed by atoms with E-state index < -0.39 is 77.0 Å². The van der Waals surface area contributed by atoms with Gasteiger partial charge < -0.3 is 31.2 Å². The van der Waals surface area contributed by atoms with E-state index in [-0.39, 0.29) is 107 Å². The van der Waals surface area contributed by atoms with E-state index in [0.29, 0.717) is 0 Å². The molecule has 6 N–H and O–H groups in total. The third-order valence-corrected chi connectivity index (χ3v) is 10.3. The molecule has 56 heavy (non-hydrogen) atoms. The first kappa shape index (κ1) is 36.0. The van der Waals surface area contributed by atoms with Crippen LogP contribution in [0.2, 0.25) is 0 Å². The summed E-state index contributed by atoms with van der Waals surface area (Å²) in [4.78, 5) is 106. The van der Waals surface area contributed by atoms with E-state index >= 15 is 0 Å². The van der Waals surface area contributed by atoms with Crippen molar-refractivity contribution in [3.63, 3.8) is 0 Å². The summed E-state index contributed by atoms with van der Waals surface area (Å²) in [5.74, 6) is -1.54. The van der Waals surface area contributed by atoms with E-state index in [1.807, 2.05) is 0 Å². The van der Waals surface area contributed by atoms with Gasteiger partial charge in [0.05, 0.1) is 67.7 Å². The van der Waals surface area contributed by atoms with Gasteiger partial charge in [0.1, 0.15) is 11.5 Å². The summed E-state index contributed by atoms with van der Waals surface area (Å²) in [6.07, 6.45) is 0.384. The molecule has 6 aromatic carbocycles. The highest BCUT2D eigenvalue weighted by Crippen LogP contribution is 2.35. The van der Waals surface area contributed by atoms with Gasteiger partial charge in [-0.1, -0.05) is 48.5 Å². The molecule has 8 aromatic rings. The molecule has 0 unspecified atom stereocenters. The second-order valence-electron chi connectivity index (χ2n) is 13.4. The molecular formula is C40H30N4O12. The van der Waals surface area contributed by atoms with Crippen LogP contribution in [0, 0.1) is 0 Å². The summed E-state index contributed by atoms with van der Waals surface area (Å²) >= 11 is 0. The molecule has 2 aromatic heterocycles. The van der Waals surface area contributed by atoms with Crippen molar-refractivity contribution in [3.8, 4) is 11.5 Å². The summed E-state index contributed by atoms with van der Waals surface area (Å²) in [5, 5.41) is 19.3. The quantitative estimate of drug-likeness (QED) is 0.0620. The molecule has 0 saturated heterocycles. The topological polar surface area (TPSA) is 257 Å². The van der Waals surface area contributed by atoms with Crippen LogP contribution in [0.3, 0.4) is 0 Å². The minimum atomic E-state index is -0.859. The van der Waals surface area contributed by atoms with E-state index in [9.17, 15) is 48.6 Å². The van der Waals surface area contributed by atoms with Crippen molar-refractivity contribution in [2.45, 2.75) is 25.9 Å². The number of nitrogens with two attached hydrogens (primary N) is 2. The number of fused-ring (bicyclic) bond motifs is 6. The summed E-state index contributed by atoms with van der Waals surface area (Å²) < 4.78 is 12.8. The Labute approximate surface area is 310 Å². The molecule has 0 spiro atoms. The molecule has 2 heterocycles. The Morgan fingerprint density at radius 1 is 0.429 bits per heavy atom. The van der Waals surface area contributed by atoms with Gasteiger partial charge in [-0.15, -0.1) is 0 Å². The minimum absolute atomic E-state index is 0.0493. The fourth-order valence-corrected chi connectivity index (χ4v) is 7.69. The monoisotopic (exact) mass is 758 g/mol. The Bertz CT molecular complexity index is 3000. The number of ether oxygens (including phenoxy) is 2. The maximum absolute atomic E-state index is 13.3. The van der Waals surface area contributed by atoms with Gasteiger partial charge in [-0.2, -0.15) is 0 Å². The van der Waals surface area contributed by atoms with Crippen LogP contribution in [0.25, 0.3) is 64.6 Å². The molecule has 0 atom stereocenters. The van der Waals surface area contributed by atoms with Crippen molar-refractivity contribution in [1.29, 1.82) is 0 Å². The Kier molecular flexibility index (Phi) is 8.58. The lowest BCUT2D eigenvalue weighted by molar-refractivity contribution is 0.0439. The van der Waals surface area contributed by atoms with E-state index in [4.69, 9.17) is 20.9 Å². The second kappa shape index (κ2) is 13.4. The number of nitrogens with zero attached hydrogens (tertiary/aromatic N) is 2. The number of hydrogen-bond donors (Lipinski definition) is 4. The molecule has 16 nitrogen and oxygen atoms in total. The molecule has 0 amide bonds. The molecule has 0 bridgehead atoms. The van der Waals surface area contributed by atoms with Gasteiger partial charge in [-0.3, -0.25) is 47.5 Å². The lowest BCUT2D eigenvalue weighted by atomic mass is 9.97. The lowest BCUT2D eigenvalue weighted by Gasteiger charge is -2.06. The van der Waals surface area contributed by atoms with Crippen LogP contribution >= 0.6 is 0 Å². The Morgan fingerprint density at radius 2 is 0.732 bits per heavy atom. The molecule has 0 saturated carbocycles. The van der Waals surface area contributed by atoms with Crippen molar-refractivity contribution in [2.75, 3.05) is 37.9 Å². The van der Waals surface area contributed by atoms with Gasteiger partial charge in [-0.25, -0.2) is 0 Å². The molecule has 0 radical (unpaired) electrons. The number of aromatic hydroxyl groups is 2. The number of hydrogen-bond acceptors (Lipinski definition) is 14. The van der Waals surface area contributed by atoms with Gasteiger partial charge in [0.25, 0.3) is 22.2 Å². The number of aromatic nitrogens is 2. The Hall–Kier alpha value is -7.04. The maximum Gasteiger partial charge on any atom is 0.265 e. The van der Waals surface area contributed by atoms with Crippen LogP contribution in [0.4, 0.5) is 11.4 Å². The standard InChI is InChI=1S/C40H30N4O12/c41-29-21-25(33(47)19-9-3-1-7-17(19)31(21)45)35(49)27-23(29)37(51)43(39(27)53)11-5-13-55-15-16-56-14-6-12-44-38(52)24-28(40(44)54)36(50)26-22(30(24)42)32(46)18-8-2-4-10-20(18)34(26)48/h1-4,7-10,49-50H,5-6,11-16,41-42H2. The van der Waals surface area contributed by atoms with Crippen molar-refractivity contribution in [1.82, 2.24) is 9.13 Å². The van der Waals surface area contributed by atoms with Crippen molar-refractivity contribution < 1.29 is 19.7 Å². The first-order chi connectivity index (χ1) is 26.9. The molecular weight excluding hydrogens is 728 g/mol. The Morgan fingerprint density at radius 3 is 1.07 bits per heavy atom. The van der Waals surface area contributed by atoms with Crippen molar-refractivity contribution in [3.05, 3.63) is 131 Å². The Balaban J connectivity index is 0.899. The summed E-state index contributed by atoms with van der Waals surface area (Å²) in [6.45, 7) is 0.193. The van der Waals surface area contributed by atoms with Crippen LogP contribution < -0.4 is 55.4 Å². The first-order valence-electron chi connectivity index (χ1n) is 17.5. The third-order valence-electron chi connectivity index (χ3n) is 10.3. The number of rotatable bonds is 11.